The molecule has 0 aliphatic rings. The van der Waals surface area contributed by atoms with Crippen LogP contribution in [0.1, 0.15) is 0 Å². The number of hydrogen-bond donors (Lipinski definition) is 1. The van der Waals surface area contributed by atoms with Gasteiger partial charge in [0.15, 0.2) is 0 Å². The first-order valence-electron chi connectivity index (χ1n) is 4.43. The molecule has 0 unspecified atom stereocenters. The van der Waals surface area contributed by atoms with Gasteiger partial charge in [-0.2, -0.15) is 0 Å². The van der Waals surface area contributed by atoms with E-state index < -0.39 is 0 Å². The monoisotopic (exact) mass is 221 g/mol. The zero-order valence-corrected chi connectivity index (χ0v) is 8.91. The fourth-order valence-electron chi connectivity index (χ4n) is 1.16. The van der Waals surface area contributed by atoms with Crippen molar-refractivity contribution in [1.82, 2.24) is 0 Å². The maximum Gasteiger partial charge on any atom is 0.127 e. The topological polar surface area (TPSA) is 35.2 Å². The zero-order chi connectivity index (χ0) is 9.80. The average Bonchev–Trinajstić information content (AvgIpc) is 2.23. The number of para-hydroxylation sites is 1. The van der Waals surface area contributed by atoms with Gasteiger partial charge in [-0.1, -0.05) is 18.2 Å². The highest BCUT2D eigenvalue weighted by atomic mass is 35.5. The fourth-order valence-corrected chi connectivity index (χ4v) is 1.16. The summed E-state index contributed by atoms with van der Waals surface area (Å²) in [5.74, 6) is 1.63. The van der Waals surface area contributed by atoms with Crippen LogP contribution in [0.25, 0.3) is 0 Å². The van der Waals surface area contributed by atoms with Crippen LogP contribution in [0.15, 0.2) is 54.6 Å². The van der Waals surface area contributed by atoms with Crippen LogP contribution in [0.3, 0.4) is 0 Å². The highest BCUT2D eigenvalue weighted by Crippen LogP contribution is 2.21. The Morgan fingerprint density at radius 3 is 1.87 bits per heavy atom. The van der Waals surface area contributed by atoms with Crippen molar-refractivity contribution in [3.63, 3.8) is 0 Å². The average molecular weight is 222 g/mol. The quantitative estimate of drug-likeness (QED) is 0.788. The maximum absolute atomic E-state index is 5.58. The van der Waals surface area contributed by atoms with Gasteiger partial charge in [0, 0.05) is 5.69 Å². The lowest BCUT2D eigenvalue weighted by Crippen LogP contribution is -1.85. The Labute approximate surface area is 95.1 Å². The van der Waals surface area contributed by atoms with Gasteiger partial charge in [-0.3, -0.25) is 0 Å². The van der Waals surface area contributed by atoms with Crippen molar-refractivity contribution in [3.8, 4) is 11.5 Å². The number of nitrogen functional groups attached to an aromatic ring is 1. The molecule has 78 valence electrons. The third kappa shape index (κ3) is 3.18. The number of benzene rings is 2. The van der Waals surface area contributed by atoms with E-state index in [0.29, 0.717) is 0 Å². The van der Waals surface area contributed by atoms with E-state index in [1.165, 1.54) is 0 Å². The number of rotatable bonds is 2. The summed E-state index contributed by atoms with van der Waals surface area (Å²) in [6, 6.07) is 17.0. The second kappa shape index (κ2) is 5.27. The lowest BCUT2D eigenvalue weighted by Gasteiger charge is -2.04. The molecule has 2 aromatic rings. The van der Waals surface area contributed by atoms with E-state index in [1.54, 1.807) is 0 Å². The predicted molar refractivity (Wildman–Crippen MR) is 64.6 cm³/mol. The van der Waals surface area contributed by atoms with Crippen LogP contribution in [-0.2, 0) is 0 Å². The molecule has 2 rings (SSSR count). The molecule has 2 aromatic carbocycles. The van der Waals surface area contributed by atoms with Gasteiger partial charge in [-0.25, -0.2) is 0 Å². The number of anilines is 1. The fraction of sp³-hybridized carbons (Fsp3) is 0. The second-order valence-corrected chi connectivity index (χ2v) is 2.98. The summed E-state index contributed by atoms with van der Waals surface area (Å²) in [5.41, 5.74) is 6.31. The Balaban J connectivity index is 0.00000112. The van der Waals surface area contributed by atoms with Gasteiger partial charge < -0.3 is 10.5 Å². The summed E-state index contributed by atoms with van der Waals surface area (Å²) in [5, 5.41) is 0. The van der Waals surface area contributed by atoms with Crippen LogP contribution in [0, 0.1) is 0 Å². The third-order valence-corrected chi connectivity index (χ3v) is 1.86. The predicted octanol–water partition coefficient (Wildman–Crippen LogP) is 3.48. The molecule has 0 atom stereocenters. The summed E-state index contributed by atoms with van der Waals surface area (Å²) < 4.78 is 5.58. The Hall–Kier alpha value is -1.67. The van der Waals surface area contributed by atoms with Crippen LogP contribution in [0.2, 0.25) is 0 Å². The van der Waals surface area contributed by atoms with Gasteiger partial charge in [0.2, 0.25) is 0 Å². The second-order valence-electron chi connectivity index (χ2n) is 2.98. The molecule has 0 saturated heterocycles. The molecule has 0 fully saturated rings. The smallest absolute Gasteiger partial charge is 0.127 e. The maximum atomic E-state index is 5.58. The highest BCUT2D eigenvalue weighted by Gasteiger charge is 1.94. The Kier molecular flexibility index (Phi) is 4.01. The Morgan fingerprint density at radius 1 is 0.733 bits per heavy atom. The zero-order valence-electron chi connectivity index (χ0n) is 8.09. The van der Waals surface area contributed by atoms with Crippen molar-refractivity contribution in [3.05, 3.63) is 54.6 Å². The molecule has 0 spiro atoms. The lowest BCUT2D eigenvalue weighted by molar-refractivity contribution is 0.483. The van der Waals surface area contributed by atoms with E-state index in [1.807, 2.05) is 54.6 Å². The number of ether oxygens (including phenoxy) is 1. The lowest BCUT2D eigenvalue weighted by atomic mass is 10.3. The van der Waals surface area contributed by atoms with E-state index in [-0.39, 0.29) is 12.4 Å². The summed E-state index contributed by atoms with van der Waals surface area (Å²) >= 11 is 0. The molecule has 2 N–H and O–H groups in total. The van der Waals surface area contributed by atoms with Crippen molar-refractivity contribution < 1.29 is 4.74 Å². The molecule has 0 aliphatic carbocycles. The number of hydrogen-bond acceptors (Lipinski definition) is 2. The number of nitrogens with two attached hydrogens (primary N) is 1. The first kappa shape index (κ1) is 11.4. The SMILES string of the molecule is Cl.Nc1ccc(Oc2ccccc2)cc1. The van der Waals surface area contributed by atoms with E-state index in [9.17, 15) is 0 Å². The first-order valence-corrected chi connectivity index (χ1v) is 4.43. The van der Waals surface area contributed by atoms with Crippen LogP contribution in [0.4, 0.5) is 5.69 Å². The minimum atomic E-state index is 0. The molecule has 0 saturated carbocycles. The highest BCUT2D eigenvalue weighted by molar-refractivity contribution is 5.85. The number of halogens is 1. The molecule has 0 bridgehead atoms. The normalized spacial score (nSPS) is 9.07. The summed E-state index contributed by atoms with van der Waals surface area (Å²) in [6.45, 7) is 0. The first-order chi connectivity index (χ1) is 6.84. The third-order valence-electron chi connectivity index (χ3n) is 1.86. The van der Waals surface area contributed by atoms with Gasteiger partial charge in [0.1, 0.15) is 11.5 Å². The molecule has 15 heavy (non-hydrogen) atoms. The molecule has 0 aliphatic heterocycles. The molecule has 0 heterocycles. The van der Waals surface area contributed by atoms with Crippen molar-refractivity contribution in [1.29, 1.82) is 0 Å². The molecule has 3 heteroatoms. The van der Waals surface area contributed by atoms with Crippen molar-refractivity contribution >= 4 is 18.1 Å². The minimum Gasteiger partial charge on any atom is -0.457 e. The molecule has 0 amide bonds. The Morgan fingerprint density at radius 2 is 1.27 bits per heavy atom. The van der Waals surface area contributed by atoms with Gasteiger partial charge >= 0.3 is 0 Å². The van der Waals surface area contributed by atoms with Gasteiger partial charge in [0.25, 0.3) is 0 Å². The molecule has 0 radical (unpaired) electrons. The Bertz CT molecular complexity index is 400. The van der Waals surface area contributed by atoms with E-state index in [0.717, 1.165) is 17.2 Å². The van der Waals surface area contributed by atoms with Gasteiger partial charge in [0.05, 0.1) is 0 Å². The molecule has 0 aromatic heterocycles. The molecular weight excluding hydrogens is 210 g/mol. The van der Waals surface area contributed by atoms with E-state index in [2.05, 4.69) is 0 Å². The van der Waals surface area contributed by atoms with Crippen LogP contribution in [-0.4, -0.2) is 0 Å². The van der Waals surface area contributed by atoms with Gasteiger partial charge in [-0.15, -0.1) is 12.4 Å². The molecule has 2 nitrogen and oxygen atoms in total. The van der Waals surface area contributed by atoms with Crippen LogP contribution >= 0.6 is 12.4 Å². The van der Waals surface area contributed by atoms with Gasteiger partial charge in [-0.05, 0) is 36.4 Å². The van der Waals surface area contributed by atoms with Crippen molar-refractivity contribution in [2.45, 2.75) is 0 Å². The standard InChI is InChI=1S/C12H11NO.ClH/c13-10-6-8-12(9-7-10)14-11-4-2-1-3-5-11;/h1-9H,13H2;1H. The minimum absolute atomic E-state index is 0. The van der Waals surface area contributed by atoms with Crippen LogP contribution in [0.5, 0.6) is 11.5 Å². The van der Waals surface area contributed by atoms with E-state index in [4.69, 9.17) is 10.5 Å². The summed E-state index contributed by atoms with van der Waals surface area (Å²) in [4.78, 5) is 0. The summed E-state index contributed by atoms with van der Waals surface area (Å²) in [6.07, 6.45) is 0. The van der Waals surface area contributed by atoms with Crippen molar-refractivity contribution in [2.75, 3.05) is 5.73 Å². The van der Waals surface area contributed by atoms with E-state index >= 15 is 0 Å². The van der Waals surface area contributed by atoms with Crippen LogP contribution < -0.4 is 10.5 Å². The summed E-state index contributed by atoms with van der Waals surface area (Å²) in [7, 11) is 0. The largest absolute Gasteiger partial charge is 0.457 e. The molecular formula is C12H12ClNO. The van der Waals surface area contributed by atoms with Crippen molar-refractivity contribution in [2.24, 2.45) is 0 Å².